The number of nitrogens with zero attached hydrogens (tertiary/aromatic N) is 1. The van der Waals surface area contributed by atoms with E-state index < -0.39 is 17.7 Å². The Bertz CT molecular complexity index is 279. The lowest BCUT2D eigenvalue weighted by Crippen LogP contribution is -2.37. The molecular formula is C10H17NO4. The van der Waals surface area contributed by atoms with Gasteiger partial charge in [-0.15, -0.1) is 0 Å². The normalized spacial score (nSPS) is 27.7. The molecule has 0 radical (unpaired) electrons. The Balaban J connectivity index is 2.69. The van der Waals surface area contributed by atoms with Gasteiger partial charge in [-0.05, 0) is 20.3 Å². The third kappa shape index (κ3) is 2.61. The molecule has 0 aromatic heterocycles. The van der Waals surface area contributed by atoms with Gasteiger partial charge in [0.1, 0.15) is 5.60 Å². The number of carbonyl (C=O) groups is 2. The minimum Gasteiger partial charge on any atom is -0.481 e. The fourth-order valence-corrected chi connectivity index (χ4v) is 1.69. The van der Waals surface area contributed by atoms with Crippen LogP contribution in [0.15, 0.2) is 0 Å². The maximum absolute atomic E-state index is 11.5. The van der Waals surface area contributed by atoms with Gasteiger partial charge in [0.15, 0.2) is 0 Å². The van der Waals surface area contributed by atoms with E-state index in [0.29, 0.717) is 6.54 Å². The summed E-state index contributed by atoms with van der Waals surface area (Å²) in [7, 11) is 0. The van der Waals surface area contributed by atoms with Gasteiger partial charge in [-0.2, -0.15) is 0 Å². The van der Waals surface area contributed by atoms with Crippen molar-refractivity contribution in [2.45, 2.75) is 45.3 Å². The van der Waals surface area contributed by atoms with Crippen LogP contribution in [-0.2, 0) is 9.53 Å². The molecule has 1 saturated heterocycles. The van der Waals surface area contributed by atoms with Crippen molar-refractivity contribution in [2.24, 2.45) is 0 Å². The minimum atomic E-state index is -0.948. The highest BCUT2D eigenvalue weighted by atomic mass is 16.6. The molecule has 0 aromatic carbocycles. The number of carboxylic acid groups (broad SMARTS) is 1. The molecule has 0 aliphatic carbocycles. The number of carboxylic acids is 1. The van der Waals surface area contributed by atoms with E-state index >= 15 is 0 Å². The number of cyclic esters (lactones) is 1. The topological polar surface area (TPSA) is 66.8 Å². The molecule has 0 bridgehead atoms. The average Bonchev–Trinajstić information content (AvgIpc) is 2.38. The molecule has 1 amide bonds. The van der Waals surface area contributed by atoms with E-state index in [4.69, 9.17) is 9.84 Å². The third-order valence-corrected chi connectivity index (χ3v) is 2.72. The van der Waals surface area contributed by atoms with Crippen LogP contribution in [0.1, 0.15) is 33.6 Å². The van der Waals surface area contributed by atoms with Crippen LogP contribution in [0, 0.1) is 0 Å². The number of ether oxygens (including phenoxy) is 1. The van der Waals surface area contributed by atoms with Gasteiger partial charge in [0.25, 0.3) is 0 Å². The Morgan fingerprint density at radius 1 is 1.73 bits per heavy atom. The molecule has 0 saturated carbocycles. The minimum absolute atomic E-state index is 0.0909. The summed E-state index contributed by atoms with van der Waals surface area (Å²) in [5, 5.41) is 8.70. The van der Waals surface area contributed by atoms with Gasteiger partial charge in [-0.25, -0.2) is 4.79 Å². The SMILES string of the molecule is CCC(C)N1CC(C)(CC(=O)O)OC1=O. The van der Waals surface area contributed by atoms with Crippen LogP contribution >= 0.6 is 0 Å². The van der Waals surface area contributed by atoms with Gasteiger partial charge in [0.2, 0.25) is 0 Å². The van der Waals surface area contributed by atoms with Crippen LogP contribution in [0.5, 0.6) is 0 Å². The van der Waals surface area contributed by atoms with Gasteiger partial charge in [-0.1, -0.05) is 6.92 Å². The first kappa shape index (κ1) is 11.8. The summed E-state index contributed by atoms with van der Waals surface area (Å²) in [5.74, 6) is -0.948. The van der Waals surface area contributed by atoms with Gasteiger partial charge in [-0.3, -0.25) is 4.79 Å². The fraction of sp³-hybridized carbons (Fsp3) is 0.800. The van der Waals surface area contributed by atoms with Gasteiger partial charge < -0.3 is 14.7 Å². The molecule has 86 valence electrons. The summed E-state index contributed by atoms with van der Waals surface area (Å²) >= 11 is 0. The van der Waals surface area contributed by atoms with Gasteiger partial charge in [0.05, 0.1) is 13.0 Å². The van der Waals surface area contributed by atoms with Crippen LogP contribution in [-0.4, -0.2) is 40.3 Å². The smallest absolute Gasteiger partial charge is 0.410 e. The van der Waals surface area contributed by atoms with E-state index in [9.17, 15) is 9.59 Å². The molecule has 1 heterocycles. The monoisotopic (exact) mass is 215 g/mol. The standard InChI is InChI=1S/C10H17NO4/c1-4-7(2)11-6-10(3,5-8(12)13)15-9(11)14/h7H,4-6H2,1-3H3,(H,12,13). The highest BCUT2D eigenvalue weighted by molar-refractivity contribution is 5.74. The number of carbonyl (C=O) groups excluding carboxylic acids is 1. The van der Waals surface area contributed by atoms with E-state index in [1.807, 2.05) is 13.8 Å². The Labute approximate surface area is 89.0 Å². The number of aliphatic carboxylic acids is 1. The summed E-state index contributed by atoms with van der Waals surface area (Å²) in [6.07, 6.45) is 0.275. The van der Waals surface area contributed by atoms with Crippen molar-refractivity contribution in [3.8, 4) is 0 Å². The van der Waals surface area contributed by atoms with Crippen LogP contribution in [0.3, 0.4) is 0 Å². The summed E-state index contributed by atoms with van der Waals surface area (Å²) in [4.78, 5) is 23.7. The molecule has 1 N–H and O–H groups in total. The van der Waals surface area contributed by atoms with E-state index in [1.54, 1.807) is 11.8 Å². The highest BCUT2D eigenvalue weighted by Crippen LogP contribution is 2.27. The van der Waals surface area contributed by atoms with Crippen LogP contribution in [0.4, 0.5) is 4.79 Å². The maximum atomic E-state index is 11.5. The van der Waals surface area contributed by atoms with Crippen LogP contribution in [0.25, 0.3) is 0 Å². The van der Waals surface area contributed by atoms with Crippen molar-refractivity contribution in [2.75, 3.05) is 6.54 Å². The molecule has 1 rings (SSSR count). The molecular weight excluding hydrogens is 198 g/mol. The molecule has 0 spiro atoms. The predicted octanol–water partition coefficient (Wildman–Crippen LogP) is 1.47. The molecule has 1 aliphatic rings. The second-order valence-corrected chi connectivity index (χ2v) is 4.27. The lowest BCUT2D eigenvalue weighted by atomic mass is 10.0. The summed E-state index contributed by atoms with van der Waals surface area (Å²) in [6.45, 7) is 5.91. The number of rotatable bonds is 4. The lowest BCUT2D eigenvalue weighted by Gasteiger charge is -2.22. The molecule has 5 nitrogen and oxygen atoms in total. The second kappa shape index (κ2) is 4.08. The predicted molar refractivity (Wildman–Crippen MR) is 53.6 cm³/mol. The summed E-state index contributed by atoms with van der Waals surface area (Å²) < 4.78 is 5.10. The first-order valence-electron chi connectivity index (χ1n) is 5.09. The highest BCUT2D eigenvalue weighted by Gasteiger charge is 2.44. The van der Waals surface area contributed by atoms with Crippen LogP contribution < -0.4 is 0 Å². The second-order valence-electron chi connectivity index (χ2n) is 4.27. The molecule has 15 heavy (non-hydrogen) atoms. The first-order chi connectivity index (χ1) is 6.88. The van der Waals surface area contributed by atoms with E-state index in [1.165, 1.54) is 0 Å². The van der Waals surface area contributed by atoms with Crippen molar-refractivity contribution in [3.05, 3.63) is 0 Å². The number of hydrogen-bond acceptors (Lipinski definition) is 3. The maximum Gasteiger partial charge on any atom is 0.410 e. The average molecular weight is 215 g/mol. The zero-order chi connectivity index (χ0) is 11.6. The van der Waals surface area contributed by atoms with Gasteiger partial charge in [0, 0.05) is 6.04 Å². The van der Waals surface area contributed by atoms with Crippen molar-refractivity contribution in [3.63, 3.8) is 0 Å². The molecule has 1 aliphatic heterocycles. The Kier molecular flexibility index (Phi) is 3.21. The van der Waals surface area contributed by atoms with E-state index in [-0.39, 0.29) is 12.5 Å². The zero-order valence-corrected chi connectivity index (χ0v) is 9.32. The van der Waals surface area contributed by atoms with Crippen LogP contribution in [0.2, 0.25) is 0 Å². The molecule has 1 fully saturated rings. The molecule has 5 heteroatoms. The first-order valence-corrected chi connectivity index (χ1v) is 5.09. The van der Waals surface area contributed by atoms with Crippen molar-refractivity contribution >= 4 is 12.1 Å². The molecule has 0 aromatic rings. The van der Waals surface area contributed by atoms with Crippen molar-refractivity contribution in [1.29, 1.82) is 0 Å². The molecule has 2 atom stereocenters. The summed E-state index contributed by atoms with van der Waals surface area (Å²) in [5.41, 5.74) is -0.883. The third-order valence-electron chi connectivity index (χ3n) is 2.72. The molecule has 2 unspecified atom stereocenters. The fourth-order valence-electron chi connectivity index (χ4n) is 1.69. The summed E-state index contributed by atoms with van der Waals surface area (Å²) in [6, 6.07) is 0.0909. The quantitative estimate of drug-likeness (QED) is 0.771. The number of amides is 1. The largest absolute Gasteiger partial charge is 0.481 e. The van der Waals surface area contributed by atoms with E-state index in [2.05, 4.69) is 0 Å². The number of hydrogen-bond donors (Lipinski definition) is 1. The van der Waals surface area contributed by atoms with Crippen molar-refractivity contribution in [1.82, 2.24) is 4.90 Å². The lowest BCUT2D eigenvalue weighted by molar-refractivity contribution is -0.140. The zero-order valence-electron chi connectivity index (χ0n) is 9.32. The van der Waals surface area contributed by atoms with Gasteiger partial charge >= 0.3 is 12.1 Å². The Morgan fingerprint density at radius 3 is 2.80 bits per heavy atom. The van der Waals surface area contributed by atoms with E-state index in [0.717, 1.165) is 6.42 Å². The van der Waals surface area contributed by atoms with Crippen molar-refractivity contribution < 1.29 is 19.4 Å². The Hall–Kier alpha value is -1.26. The Morgan fingerprint density at radius 2 is 2.33 bits per heavy atom.